The van der Waals surface area contributed by atoms with E-state index in [-0.39, 0.29) is 12.2 Å². The quantitative estimate of drug-likeness (QED) is 0.488. The fourth-order valence-corrected chi connectivity index (χ4v) is 4.92. The van der Waals surface area contributed by atoms with Gasteiger partial charge in [-0.3, -0.25) is 9.36 Å². The van der Waals surface area contributed by atoms with Crippen LogP contribution >= 0.6 is 11.3 Å². The Labute approximate surface area is 201 Å². The minimum absolute atomic E-state index is 0.215. The van der Waals surface area contributed by atoms with E-state index >= 15 is 0 Å². The van der Waals surface area contributed by atoms with Crippen LogP contribution < -0.4 is 24.4 Å². The number of benzene rings is 2. The molecule has 0 saturated carbocycles. The molecule has 0 fully saturated rings. The van der Waals surface area contributed by atoms with E-state index in [2.05, 4.69) is 4.99 Å². The molecule has 1 aliphatic heterocycles. The molecule has 0 N–H and O–H groups in total. The fraction of sp³-hybridized carbons (Fsp3) is 0.269. The molecule has 0 bridgehead atoms. The van der Waals surface area contributed by atoms with Crippen LogP contribution in [0.25, 0.3) is 6.08 Å². The van der Waals surface area contributed by atoms with Gasteiger partial charge in [-0.2, -0.15) is 0 Å². The molecule has 1 atom stereocenters. The van der Waals surface area contributed by atoms with Crippen molar-refractivity contribution in [2.75, 3.05) is 20.3 Å². The van der Waals surface area contributed by atoms with Crippen molar-refractivity contribution in [3.63, 3.8) is 0 Å². The average Bonchev–Trinajstić information content (AvgIpc) is 3.14. The Kier molecular flexibility index (Phi) is 6.98. The molecular weight excluding hydrogens is 452 g/mol. The Morgan fingerprint density at radius 3 is 2.35 bits per heavy atom. The number of carbonyl (C=O) groups excluding carboxylic acids is 1. The zero-order valence-electron chi connectivity index (χ0n) is 19.5. The molecule has 2 heterocycles. The van der Waals surface area contributed by atoms with E-state index in [0.717, 1.165) is 16.9 Å². The number of methoxy groups -OCH3 is 1. The van der Waals surface area contributed by atoms with Crippen LogP contribution in [0.2, 0.25) is 0 Å². The van der Waals surface area contributed by atoms with Crippen molar-refractivity contribution in [2.24, 2.45) is 4.99 Å². The van der Waals surface area contributed by atoms with Gasteiger partial charge >= 0.3 is 5.97 Å². The van der Waals surface area contributed by atoms with Gasteiger partial charge in [-0.1, -0.05) is 35.6 Å². The first-order chi connectivity index (χ1) is 16.5. The fourth-order valence-electron chi connectivity index (χ4n) is 3.87. The number of ether oxygens (including phenoxy) is 3. The van der Waals surface area contributed by atoms with Gasteiger partial charge in [-0.25, -0.2) is 9.79 Å². The van der Waals surface area contributed by atoms with E-state index in [1.54, 1.807) is 25.5 Å². The molecule has 4 rings (SSSR count). The van der Waals surface area contributed by atoms with Gasteiger partial charge in [0.2, 0.25) is 0 Å². The molecule has 3 aromatic rings. The maximum Gasteiger partial charge on any atom is 0.338 e. The van der Waals surface area contributed by atoms with Crippen molar-refractivity contribution in [3.05, 3.63) is 90.6 Å². The summed E-state index contributed by atoms with van der Waals surface area (Å²) in [5, 5.41) is 0. The van der Waals surface area contributed by atoms with Crippen molar-refractivity contribution in [1.29, 1.82) is 0 Å². The van der Waals surface area contributed by atoms with E-state index in [1.165, 1.54) is 11.3 Å². The Bertz CT molecular complexity index is 1400. The van der Waals surface area contributed by atoms with Gasteiger partial charge in [0.05, 0.1) is 42.2 Å². The molecule has 2 aromatic carbocycles. The highest BCUT2D eigenvalue weighted by molar-refractivity contribution is 7.07. The normalized spacial score (nSPS) is 15.5. The zero-order valence-corrected chi connectivity index (χ0v) is 20.3. The first kappa shape index (κ1) is 23.5. The summed E-state index contributed by atoms with van der Waals surface area (Å²) >= 11 is 1.29. The molecule has 1 aliphatic rings. The molecule has 8 heteroatoms. The van der Waals surface area contributed by atoms with Gasteiger partial charge < -0.3 is 14.2 Å². The van der Waals surface area contributed by atoms with E-state index in [1.807, 2.05) is 61.5 Å². The average molecular weight is 479 g/mol. The smallest absolute Gasteiger partial charge is 0.338 e. The zero-order chi connectivity index (χ0) is 24.2. The summed E-state index contributed by atoms with van der Waals surface area (Å²) in [5.74, 6) is 0.978. The molecule has 176 valence electrons. The van der Waals surface area contributed by atoms with Crippen molar-refractivity contribution in [3.8, 4) is 11.5 Å². The van der Waals surface area contributed by atoms with Gasteiger partial charge in [0.15, 0.2) is 4.80 Å². The predicted molar refractivity (Wildman–Crippen MR) is 131 cm³/mol. The van der Waals surface area contributed by atoms with Crippen LogP contribution in [0, 0.1) is 0 Å². The first-order valence-electron chi connectivity index (χ1n) is 11.0. The Morgan fingerprint density at radius 1 is 1.06 bits per heavy atom. The van der Waals surface area contributed by atoms with Crippen LogP contribution in [-0.2, 0) is 9.53 Å². The van der Waals surface area contributed by atoms with Crippen LogP contribution in [0.4, 0.5) is 0 Å². The molecule has 34 heavy (non-hydrogen) atoms. The number of hydrogen-bond donors (Lipinski definition) is 0. The number of nitrogens with zero attached hydrogens (tertiary/aromatic N) is 2. The topological polar surface area (TPSA) is 79.1 Å². The van der Waals surface area contributed by atoms with Crippen LogP contribution in [0.15, 0.2) is 69.6 Å². The lowest BCUT2D eigenvalue weighted by Crippen LogP contribution is -2.39. The summed E-state index contributed by atoms with van der Waals surface area (Å²) in [4.78, 5) is 31.6. The Balaban J connectivity index is 1.87. The van der Waals surface area contributed by atoms with Gasteiger partial charge in [0, 0.05) is 0 Å². The lowest BCUT2D eigenvalue weighted by Gasteiger charge is -2.24. The number of esters is 1. The highest BCUT2D eigenvalue weighted by Gasteiger charge is 2.33. The van der Waals surface area contributed by atoms with Crippen LogP contribution in [0.5, 0.6) is 11.5 Å². The van der Waals surface area contributed by atoms with Gasteiger partial charge in [-0.15, -0.1) is 0 Å². The second-order valence-electron chi connectivity index (χ2n) is 7.58. The van der Waals surface area contributed by atoms with E-state index < -0.39 is 12.0 Å². The number of thiazole rings is 1. The van der Waals surface area contributed by atoms with E-state index in [4.69, 9.17) is 14.2 Å². The van der Waals surface area contributed by atoms with Gasteiger partial charge in [0.25, 0.3) is 5.56 Å². The molecule has 0 spiro atoms. The molecular formula is C26H26N2O5S. The molecule has 0 radical (unpaired) electrons. The number of carbonyl (C=O) groups is 1. The second-order valence-corrected chi connectivity index (χ2v) is 8.59. The predicted octanol–water partition coefficient (Wildman–Crippen LogP) is 3.21. The standard InChI is InChI=1S/C26H26N2O5S/c1-5-32-20-11-7-17(8-12-20)15-21-24(29)28-23(18-9-13-19(31-4)14-10-18)22(25(30)33-6-2)16(3)27-26(28)34-21/h7-15,23H,5-6H2,1-4H3/b21-15+/t23-/m0/s1. The number of fused-ring (bicyclic) bond motifs is 1. The Morgan fingerprint density at radius 2 is 1.74 bits per heavy atom. The summed E-state index contributed by atoms with van der Waals surface area (Å²) in [5.41, 5.74) is 2.32. The minimum atomic E-state index is -0.649. The van der Waals surface area contributed by atoms with Gasteiger partial charge in [0.1, 0.15) is 11.5 Å². The highest BCUT2D eigenvalue weighted by atomic mass is 32.1. The first-order valence-corrected chi connectivity index (χ1v) is 11.8. The molecule has 1 aromatic heterocycles. The van der Waals surface area contributed by atoms with Crippen molar-refractivity contribution < 1.29 is 19.0 Å². The van der Waals surface area contributed by atoms with Crippen molar-refractivity contribution in [1.82, 2.24) is 4.57 Å². The third-order valence-corrected chi connectivity index (χ3v) is 6.42. The van der Waals surface area contributed by atoms with E-state index in [9.17, 15) is 9.59 Å². The minimum Gasteiger partial charge on any atom is -0.497 e. The van der Waals surface area contributed by atoms with Crippen LogP contribution in [-0.4, -0.2) is 30.9 Å². The van der Waals surface area contributed by atoms with Crippen molar-refractivity contribution in [2.45, 2.75) is 26.8 Å². The van der Waals surface area contributed by atoms with E-state index in [0.29, 0.717) is 33.0 Å². The maximum absolute atomic E-state index is 13.6. The molecule has 7 nitrogen and oxygen atoms in total. The number of aromatic nitrogens is 1. The monoisotopic (exact) mass is 478 g/mol. The lowest BCUT2D eigenvalue weighted by atomic mass is 9.96. The molecule has 0 unspecified atom stereocenters. The summed E-state index contributed by atoms with van der Waals surface area (Å²) in [6, 6.07) is 14.2. The highest BCUT2D eigenvalue weighted by Crippen LogP contribution is 2.31. The number of hydrogen-bond acceptors (Lipinski definition) is 7. The largest absolute Gasteiger partial charge is 0.497 e. The number of allylic oxidation sites excluding steroid dienone is 1. The molecule has 0 saturated heterocycles. The second kappa shape index (κ2) is 10.1. The van der Waals surface area contributed by atoms with Crippen LogP contribution in [0.3, 0.4) is 0 Å². The summed E-state index contributed by atoms with van der Waals surface area (Å²) < 4.78 is 18.2. The third kappa shape index (κ3) is 4.54. The summed E-state index contributed by atoms with van der Waals surface area (Å²) in [6.07, 6.45) is 1.83. The summed E-state index contributed by atoms with van der Waals surface area (Å²) in [7, 11) is 1.59. The van der Waals surface area contributed by atoms with Crippen LogP contribution in [0.1, 0.15) is 37.9 Å². The summed E-state index contributed by atoms with van der Waals surface area (Å²) in [6.45, 7) is 6.27. The maximum atomic E-state index is 13.6. The molecule has 0 aliphatic carbocycles. The lowest BCUT2D eigenvalue weighted by molar-refractivity contribution is -0.139. The van der Waals surface area contributed by atoms with Crippen molar-refractivity contribution >= 4 is 23.4 Å². The Hall–Kier alpha value is -3.65. The third-order valence-electron chi connectivity index (χ3n) is 5.44. The number of rotatable bonds is 7. The SMILES string of the molecule is CCOC(=O)C1=C(C)N=c2s/c(=C/c3ccc(OCC)cc3)c(=O)n2[C@H]1c1ccc(OC)cc1. The molecule has 0 amide bonds. The van der Waals surface area contributed by atoms with Gasteiger partial charge in [-0.05, 0) is 62.2 Å².